The summed E-state index contributed by atoms with van der Waals surface area (Å²) in [6.45, 7) is 0.0647. The number of rotatable bonds is 5. The van der Waals surface area contributed by atoms with Gasteiger partial charge in [-0.05, 0) is 37.5 Å². The first kappa shape index (κ1) is 17.7. The number of halogens is 2. The Morgan fingerprint density at radius 1 is 1.21 bits per heavy atom. The Bertz CT molecular complexity index is 1200. The minimum Gasteiger partial charge on any atom is -0.468 e. The van der Waals surface area contributed by atoms with E-state index >= 15 is 4.39 Å². The second-order valence-electron chi connectivity index (χ2n) is 7.04. The number of ether oxygens (including phenoxy) is 1. The number of hydrogen-bond acceptors (Lipinski definition) is 6. The lowest BCUT2D eigenvalue weighted by Crippen LogP contribution is -2.30. The van der Waals surface area contributed by atoms with Crippen molar-refractivity contribution in [2.45, 2.75) is 31.5 Å². The first-order valence-electron chi connectivity index (χ1n) is 9.21. The minimum absolute atomic E-state index is 0.0647. The Morgan fingerprint density at radius 2 is 2.03 bits per heavy atom. The largest absolute Gasteiger partial charge is 0.468 e. The van der Waals surface area contributed by atoms with Crippen LogP contribution in [0.3, 0.4) is 0 Å². The smallest absolute Gasteiger partial charge is 0.238 e. The molecule has 4 aromatic rings. The minimum atomic E-state index is -1.52. The van der Waals surface area contributed by atoms with E-state index < -0.39 is 11.5 Å². The highest BCUT2D eigenvalue weighted by Crippen LogP contribution is 2.48. The van der Waals surface area contributed by atoms with Gasteiger partial charge >= 0.3 is 0 Å². The van der Waals surface area contributed by atoms with Crippen molar-refractivity contribution in [3.63, 3.8) is 0 Å². The normalized spacial score (nSPS) is 15.4. The fraction of sp³-hybridized carbons (Fsp3) is 0.316. The van der Waals surface area contributed by atoms with Crippen molar-refractivity contribution in [3.8, 4) is 17.3 Å². The third-order valence-corrected chi connectivity index (χ3v) is 5.25. The van der Waals surface area contributed by atoms with Gasteiger partial charge in [0, 0.05) is 7.05 Å². The van der Waals surface area contributed by atoms with Crippen LogP contribution in [0.1, 0.15) is 30.7 Å². The van der Waals surface area contributed by atoms with Gasteiger partial charge in [-0.1, -0.05) is 12.1 Å². The molecule has 0 aliphatic heterocycles. The predicted molar refractivity (Wildman–Crippen MR) is 98.1 cm³/mol. The first-order valence-corrected chi connectivity index (χ1v) is 9.21. The lowest BCUT2D eigenvalue weighted by molar-refractivity contribution is 0.0555. The third-order valence-electron chi connectivity index (χ3n) is 5.25. The molecule has 0 saturated heterocycles. The lowest BCUT2D eigenvalue weighted by atomic mass is 9.77. The van der Waals surface area contributed by atoms with E-state index in [1.165, 1.54) is 16.9 Å². The van der Waals surface area contributed by atoms with E-state index in [0.29, 0.717) is 29.9 Å². The van der Waals surface area contributed by atoms with Crippen molar-refractivity contribution < 1.29 is 13.5 Å². The van der Waals surface area contributed by atoms with Crippen LogP contribution < -0.4 is 4.74 Å². The van der Waals surface area contributed by atoms with Gasteiger partial charge < -0.3 is 4.74 Å². The Morgan fingerprint density at radius 3 is 2.72 bits per heavy atom. The predicted octanol–water partition coefficient (Wildman–Crippen LogP) is 2.99. The molecule has 29 heavy (non-hydrogen) atoms. The fourth-order valence-corrected chi connectivity index (χ4v) is 3.39. The molecule has 1 aliphatic rings. The topological polar surface area (TPSA) is 83.0 Å². The van der Waals surface area contributed by atoms with Crippen LogP contribution >= 0.6 is 0 Å². The molecule has 0 atom stereocenters. The monoisotopic (exact) mass is 397 g/mol. The number of nitrogens with zero attached hydrogens (tertiary/aromatic N) is 7. The molecule has 148 valence electrons. The highest BCUT2D eigenvalue weighted by molar-refractivity contribution is 5.60. The molecule has 0 spiro atoms. The maximum Gasteiger partial charge on any atom is 0.238 e. The maximum atomic E-state index is 15.3. The molecule has 0 unspecified atom stereocenters. The fourth-order valence-electron chi connectivity index (χ4n) is 3.39. The molecule has 1 saturated carbocycles. The van der Waals surface area contributed by atoms with Crippen LogP contribution in [-0.4, -0.2) is 34.6 Å². The number of aromatic nitrogens is 7. The van der Waals surface area contributed by atoms with Gasteiger partial charge in [-0.25, -0.2) is 13.8 Å². The zero-order valence-electron chi connectivity index (χ0n) is 15.6. The summed E-state index contributed by atoms with van der Waals surface area (Å²) in [5, 5.41) is 16.6. The van der Waals surface area contributed by atoms with E-state index in [9.17, 15) is 4.39 Å². The van der Waals surface area contributed by atoms with Gasteiger partial charge in [0.1, 0.15) is 24.4 Å². The summed E-state index contributed by atoms with van der Waals surface area (Å²) in [6, 6.07) is 7.79. The van der Waals surface area contributed by atoms with Gasteiger partial charge in [-0.2, -0.15) is 9.61 Å². The summed E-state index contributed by atoms with van der Waals surface area (Å²) in [5.41, 5.74) is -0.620. The Labute approximate surface area is 164 Å². The molecule has 0 N–H and O–H groups in total. The van der Waals surface area contributed by atoms with Gasteiger partial charge in [0.15, 0.2) is 17.3 Å². The summed E-state index contributed by atoms with van der Waals surface area (Å²) in [6.07, 6.45) is 2.98. The average Bonchev–Trinajstić information content (AvgIpc) is 3.29. The van der Waals surface area contributed by atoms with Gasteiger partial charge in [-0.3, -0.25) is 4.68 Å². The number of hydrogen-bond donors (Lipinski definition) is 0. The SMILES string of the molecule is Cn1ncnc1COc1nn2c(-c3ccccc3F)nnc2cc1C1(F)CCC1. The van der Waals surface area contributed by atoms with Crippen molar-refractivity contribution in [2.24, 2.45) is 7.05 Å². The van der Waals surface area contributed by atoms with Crippen LogP contribution in [0, 0.1) is 5.82 Å². The Kier molecular flexibility index (Phi) is 4.00. The van der Waals surface area contributed by atoms with Crippen molar-refractivity contribution in [3.05, 3.63) is 53.9 Å². The molecule has 5 rings (SSSR count). The van der Waals surface area contributed by atoms with Crippen LogP contribution in [0.15, 0.2) is 36.7 Å². The maximum absolute atomic E-state index is 15.3. The van der Waals surface area contributed by atoms with Gasteiger partial charge in [0.05, 0.1) is 11.1 Å². The second kappa shape index (κ2) is 6.57. The quantitative estimate of drug-likeness (QED) is 0.515. The van der Waals surface area contributed by atoms with E-state index in [1.54, 1.807) is 36.0 Å². The first-order chi connectivity index (χ1) is 14.0. The molecule has 1 aliphatic carbocycles. The molecular formula is C19H17F2N7O. The molecule has 8 nitrogen and oxygen atoms in total. The van der Waals surface area contributed by atoms with Crippen LogP contribution in [0.25, 0.3) is 17.0 Å². The summed E-state index contributed by atoms with van der Waals surface area (Å²) in [7, 11) is 1.74. The number of alkyl halides is 1. The number of fused-ring (bicyclic) bond motifs is 1. The zero-order chi connectivity index (χ0) is 20.0. The van der Waals surface area contributed by atoms with Crippen LogP contribution in [-0.2, 0) is 19.3 Å². The molecule has 0 radical (unpaired) electrons. The van der Waals surface area contributed by atoms with Gasteiger partial charge in [-0.15, -0.1) is 15.3 Å². The molecule has 1 fully saturated rings. The highest BCUT2D eigenvalue weighted by Gasteiger charge is 2.42. The average molecular weight is 397 g/mol. The molecule has 10 heteroatoms. The molecule has 3 aromatic heterocycles. The van der Waals surface area contributed by atoms with E-state index in [0.717, 1.165) is 6.42 Å². The standard InChI is InChI=1S/C19H17F2N7O/c1-27-16(22-11-23-27)10-29-18-13(19(21)7-4-8-19)9-15-24-25-17(28(15)26-18)12-5-2-3-6-14(12)20/h2-3,5-6,9,11H,4,7-8,10H2,1H3. The molecule has 3 heterocycles. The number of aryl methyl sites for hydroxylation is 1. The van der Waals surface area contributed by atoms with E-state index in [4.69, 9.17) is 4.74 Å². The van der Waals surface area contributed by atoms with E-state index in [-0.39, 0.29) is 23.9 Å². The van der Waals surface area contributed by atoms with Crippen molar-refractivity contribution in [1.29, 1.82) is 0 Å². The molecule has 1 aromatic carbocycles. The van der Waals surface area contributed by atoms with Crippen LogP contribution in [0.5, 0.6) is 5.88 Å². The molecule has 0 amide bonds. The van der Waals surface area contributed by atoms with Crippen molar-refractivity contribution >= 4 is 5.65 Å². The molecule has 0 bridgehead atoms. The van der Waals surface area contributed by atoms with Gasteiger partial charge in [0.25, 0.3) is 0 Å². The second-order valence-corrected chi connectivity index (χ2v) is 7.04. The van der Waals surface area contributed by atoms with E-state index in [2.05, 4.69) is 25.4 Å². The van der Waals surface area contributed by atoms with E-state index in [1.807, 2.05) is 0 Å². The summed E-state index contributed by atoms with van der Waals surface area (Å²) in [4.78, 5) is 4.11. The number of benzene rings is 1. The van der Waals surface area contributed by atoms with Crippen LogP contribution in [0.4, 0.5) is 8.78 Å². The van der Waals surface area contributed by atoms with Crippen molar-refractivity contribution in [1.82, 2.24) is 34.6 Å². The Hall–Kier alpha value is -3.43. The van der Waals surface area contributed by atoms with Gasteiger partial charge in [0.2, 0.25) is 5.88 Å². The van der Waals surface area contributed by atoms with Crippen LogP contribution in [0.2, 0.25) is 0 Å². The lowest BCUT2D eigenvalue weighted by Gasteiger charge is -2.34. The third kappa shape index (κ3) is 2.91. The summed E-state index contributed by atoms with van der Waals surface area (Å²) >= 11 is 0. The highest BCUT2D eigenvalue weighted by atomic mass is 19.1. The summed E-state index contributed by atoms with van der Waals surface area (Å²) in [5.74, 6) is 0.447. The zero-order valence-corrected chi connectivity index (χ0v) is 15.6. The molecular weight excluding hydrogens is 380 g/mol. The van der Waals surface area contributed by atoms with Crippen molar-refractivity contribution in [2.75, 3.05) is 0 Å². The Balaban J connectivity index is 1.62. The summed E-state index contributed by atoms with van der Waals surface area (Å²) < 4.78 is 38.3.